The van der Waals surface area contributed by atoms with Crippen molar-refractivity contribution in [2.45, 2.75) is 44.4 Å². The van der Waals surface area contributed by atoms with E-state index in [0.717, 1.165) is 36.1 Å². The Morgan fingerprint density at radius 3 is 2.00 bits per heavy atom. The van der Waals surface area contributed by atoms with E-state index in [-0.39, 0.29) is 5.41 Å². The summed E-state index contributed by atoms with van der Waals surface area (Å²) in [5.74, 6) is 4.28. The fraction of sp³-hybridized carbons (Fsp3) is 0.538. The maximum Gasteiger partial charge on any atom is 0.0482 e. The van der Waals surface area contributed by atoms with Crippen molar-refractivity contribution in [2.75, 3.05) is 55.5 Å². The number of aryl methyl sites for hydroxylation is 1. The summed E-state index contributed by atoms with van der Waals surface area (Å²) < 4.78 is 0. The van der Waals surface area contributed by atoms with E-state index in [1.807, 2.05) is 37.4 Å². The Kier molecular flexibility index (Phi) is 18.7. The minimum absolute atomic E-state index is 0.227. The maximum atomic E-state index is 4.05. The number of nitrogens with one attached hydrogen (secondary N) is 1. The molecule has 0 atom stereocenters. The maximum absolute atomic E-state index is 4.05. The summed E-state index contributed by atoms with van der Waals surface area (Å²) in [6.45, 7) is 12.7. The number of para-hydroxylation sites is 1. The smallest absolute Gasteiger partial charge is 0.0482 e. The van der Waals surface area contributed by atoms with Crippen molar-refractivity contribution in [3.05, 3.63) is 54.1 Å². The van der Waals surface area contributed by atoms with Gasteiger partial charge in [0.1, 0.15) is 0 Å². The van der Waals surface area contributed by atoms with Crippen LogP contribution in [0.15, 0.2) is 58.3 Å². The highest BCUT2D eigenvalue weighted by Gasteiger charge is 2.19. The molecule has 2 aromatic rings. The number of nitrogens with zero attached hydrogens (tertiary/aromatic N) is 1. The van der Waals surface area contributed by atoms with Crippen LogP contribution in [0.3, 0.4) is 0 Å². The van der Waals surface area contributed by atoms with E-state index in [0.29, 0.717) is 0 Å². The molecule has 32 heavy (non-hydrogen) atoms. The Morgan fingerprint density at radius 1 is 0.906 bits per heavy atom. The highest BCUT2D eigenvalue weighted by Crippen LogP contribution is 2.34. The lowest BCUT2D eigenvalue weighted by Gasteiger charge is -2.29. The van der Waals surface area contributed by atoms with Crippen LogP contribution in [0.2, 0.25) is 0 Å². The molecule has 2 nitrogen and oxygen atoms in total. The van der Waals surface area contributed by atoms with Crippen molar-refractivity contribution in [2.24, 2.45) is 5.41 Å². The predicted octanol–water partition coefficient (Wildman–Crippen LogP) is 7.75. The van der Waals surface area contributed by atoms with E-state index in [1.54, 1.807) is 0 Å². The van der Waals surface area contributed by atoms with E-state index in [9.17, 15) is 0 Å². The lowest BCUT2D eigenvalue weighted by molar-refractivity contribution is 0.254. The Hall–Kier alpha value is -0.400. The van der Waals surface area contributed by atoms with E-state index < -0.39 is 0 Å². The minimum Gasteiger partial charge on any atom is -0.384 e. The van der Waals surface area contributed by atoms with E-state index >= 15 is 0 Å². The average Bonchev–Trinajstić information content (AvgIpc) is 2.76. The van der Waals surface area contributed by atoms with Crippen LogP contribution in [-0.4, -0.2) is 55.1 Å². The van der Waals surface area contributed by atoms with Crippen LogP contribution < -0.4 is 5.32 Å². The molecule has 0 fully saturated rings. The van der Waals surface area contributed by atoms with Crippen molar-refractivity contribution in [3.8, 4) is 0 Å². The molecule has 0 amide bonds. The first-order valence-electron chi connectivity index (χ1n) is 11.3. The summed E-state index contributed by atoms with van der Waals surface area (Å²) >= 11 is 11.8. The number of rotatable bonds is 11. The third-order valence-corrected chi connectivity index (χ3v) is 7.23. The zero-order chi connectivity index (χ0) is 24.4. The molecular weight excluding hydrogens is 469 g/mol. The SMILES string of the molecule is CC.Cc1ccc(Sc2ccccc2NCC(C)(C)CN(C)C)cc1.SCCSCCS. The van der Waals surface area contributed by atoms with Gasteiger partial charge < -0.3 is 10.2 Å². The van der Waals surface area contributed by atoms with Crippen LogP contribution in [0.4, 0.5) is 5.69 Å². The van der Waals surface area contributed by atoms with Crippen molar-refractivity contribution in [1.29, 1.82) is 0 Å². The molecule has 182 valence electrons. The van der Waals surface area contributed by atoms with Gasteiger partial charge in [-0.25, -0.2) is 0 Å². The standard InChI is InChI=1S/C20H28N2S.C4H10S3.C2H6/c1-16-10-12-17(13-11-16)23-19-9-7-6-8-18(19)21-14-20(2,3)15-22(4)5;5-1-3-7-4-2-6;1-2/h6-13,21H,14-15H2,1-5H3;5-6H,1-4H2;1-2H3. The van der Waals surface area contributed by atoms with Gasteiger partial charge in [-0.2, -0.15) is 37.0 Å². The molecule has 0 aromatic heterocycles. The van der Waals surface area contributed by atoms with E-state index in [1.165, 1.54) is 21.0 Å². The molecule has 0 aliphatic carbocycles. The quantitative estimate of drug-likeness (QED) is 0.210. The first kappa shape index (κ1) is 31.6. The molecule has 0 spiro atoms. The summed E-state index contributed by atoms with van der Waals surface area (Å²) in [6.07, 6.45) is 0. The van der Waals surface area contributed by atoms with Crippen molar-refractivity contribution >= 4 is 54.5 Å². The van der Waals surface area contributed by atoms with Crippen LogP contribution in [0.25, 0.3) is 0 Å². The summed E-state index contributed by atoms with van der Waals surface area (Å²) in [6, 6.07) is 17.3. The van der Waals surface area contributed by atoms with Crippen LogP contribution in [0.1, 0.15) is 33.3 Å². The molecule has 2 rings (SSSR count). The van der Waals surface area contributed by atoms with Gasteiger partial charge in [0.05, 0.1) is 0 Å². The molecule has 0 saturated carbocycles. The molecule has 0 unspecified atom stereocenters. The lowest BCUT2D eigenvalue weighted by atomic mass is 9.93. The second kappa shape index (κ2) is 19.0. The van der Waals surface area contributed by atoms with Crippen molar-refractivity contribution < 1.29 is 0 Å². The Labute approximate surface area is 217 Å². The monoisotopic (exact) mass is 512 g/mol. The Morgan fingerprint density at radius 2 is 1.47 bits per heavy atom. The van der Waals surface area contributed by atoms with Gasteiger partial charge in [-0.15, -0.1) is 0 Å². The number of hydrogen-bond acceptors (Lipinski definition) is 6. The second-order valence-electron chi connectivity index (χ2n) is 8.23. The van der Waals surface area contributed by atoms with Crippen LogP contribution >= 0.6 is 48.8 Å². The predicted molar refractivity (Wildman–Crippen MR) is 159 cm³/mol. The number of thiol groups is 2. The number of anilines is 1. The van der Waals surface area contributed by atoms with Gasteiger partial charge in [0.25, 0.3) is 0 Å². The van der Waals surface area contributed by atoms with E-state index in [4.69, 9.17) is 0 Å². The van der Waals surface area contributed by atoms with Gasteiger partial charge in [-0.3, -0.25) is 0 Å². The highest BCUT2D eigenvalue weighted by atomic mass is 32.2. The largest absolute Gasteiger partial charge is 0.384 e. The van der Waals surface area contributed by atoms with Gasteiger partial charge in [0.2, 0.25) is 0 Å². The first-order chi connectivity index (χ1) is 15.3. The highest BCUT2D eigenvalue weighted by molar-refractivity contribution is 8.00. The molecule has 0 bridgehead atoms. The summed E-state index contributed by atoms with van der Waals surface area (Å²) in [5, 5.41) is 3.64. The normalized spacial score (nSPS) is 10.7. The van der Waals surface area contributed by atoms with Crippen LogP contribution in [-0.2, 0) is 0 Å². The zero-order valence-electron chi connectivity index (χ0n) is 21.0. The van der Waals surface area contributed by atoms with Crippen LogP contribution in [0, 0.1) is 12.3 Å². The number of benzene rings is 2. The molecule has 0 heterocycles. The van der Waals surface area contributed by atoms with Gasteiger partial charge in [0, 0.05) is 40.1 Å². The van der Waals surface area contributed by atoms with Gasteiger partial charge in [0.15, 0.2) is 0 Å². The van der Waals surface area contributed by atoms with Gasteiger partial charge in [-0.05, 0) is 62.2 Å². The molecule has 0 saturated heterocycles. The summed E-state index contributed by atoms with van der Waals surface area (Å²) in [4.78, 5) is 4.80. The van der Waals surface area contributed by atoms with Gasteiger partial charge in [-0.1, -0.05) is 69.3 Å². The number of hydrogen-bond donors (Lipinski definition) is 3. The van der Waals surface area contributed by atoms with Gasteiger partial charge >= 0.3 is 0 Å². The van der Waals surface area contributed by atoms with Crippen molar-refractivity contribution in [3.63, 3.8) is 0 Å². The second-order valence-corrected chi connectivity index (χ2v) is 11.5. The minimum atomic E-state index is 0.227. The fourth-order valence-electron chi connectivity index (χ4n) is 2.91. The Balaban J connectivity index is 0.000000911. The third-order valence-electron chi connectivity index (χ3n) is 4.11. The van der Waals surface area contributed by atoms with Crippen molar-refractivity contribution in [1.82, 2.24) is 4.90 Å². The molecule has 1 N–H and O–H groups in total. The first-order valence-corrected chi connectivity index (χ1v) is 14.5. The average molecular weight is 513 g/mol. The Bertz CT molecular complexity index is 699. The van der Waals surface area contributed by atoms with E-state index in [2.05, 4.69) is 119 Å². The lowest BCUT2D eigenvalue weighted by Crippen LogP contribution is -2.34. The van der Waals surface area contributed by atoms with Crippen LogP contribution in [0.5, 0.6) is 0 Å². The molecule has 0 aliphatic heterocycles. The molecule has 6 heteroatoms. The molecule has 0 aliphatic rings. The summed E-state index contributed by atoms with van der Waals surface area (Å²) in [5.41, 5.74) is 2.74. The fourth-order valence-corrected chi connectivity index (χ4v) is 5.07. The topological polar surface area (TPSA) is 15.3 Å². The third kappa shape index (κ3) is 15.4. The molecule has 0 radical (unpaired) electrons. The zero-order valence-corrected chi connectivity index (χ0v) is 24.4. The molecular formula is C26H44N2S4. The summed E-state index contributed by atoms with van der Waals surface area (Å²) in [7, 11) is 4.26. The number of thioether (sulfide) groups is 1. The molecule has 2 aromatic carbocycles.